The lowest BCUT2D eigenvalue weighted by Gasteiger charge is -2.31. The van der Waals surface area contributed by atoms with Crippen molar-refractivity contribution >= 4 is 0 Å². The van der Waals surface area contributed by atoms with E-state index in [1.807, 2.05) is 18.2 Å². The van der Waals surface area contributed by atoms with Gasteiger partial charge in [-0.3, -0.25) is 4.90 Å². The van der Waals surface area contributed by atoms with Crippen molar-refractivity contribution in [1.82, 2.24) is 9.80 Å². The summed E-state index contributed by atoms with van der Waals surface area (Å²) in [5, 5.41) is 28.9. The van der Waals surface area contributed by atoms with Crippen molar-refractivity contribution in [3.8, 4) is 17.6 Å². The number of piperidine rings is 2. The van der Waals surface area contributed by atoms with E-state index >= 15 is 0 Å². The molecule has 1 aromatic rings. The van der Waals surface area contributed by atoms with Crippen LogP contribution in [0, 0.1) is 17.2 Å². The summed E-state index contributed by atoms with van der Waals surface area (Å²) < 4.78 is 11.3. The first-order valence-corrected chi connectivity index (χ1v) is 10.6. The third kappa shape index (κ3) is 6.58. The first-order chi connectivity index (χ1) is 14.1. The SMILES string of the molecule is COc1cc(CN2CCC(C#N)CC2)ccc1OC[C@@H](O)CN1CCC(O)CC1. The minimum Gasteiger partial charge on any atom is -0.493 e. The fourth-order valence-corrected chi connectivity index (χ4v) is 4.05. The number of β-amino-alcohol motifs (C(OH)–C–C–N with tert-alkyl or cyclic N) is 1. The van der Waals surface area contributed by atoms with Gasteiger partial charge in [-0.15, -0.1) is 0 Å². The predicted octanol–water partition coefficient (Wildman–Crippen LogP) is 1.63. The number of likely N-dealkylation sites (tertiary alicyclic amines) is 2. The van der Waals surface area contributed by atoms with E-state index in [1.165, 1.54) is 0 Å². The Morgan fingerprint density at radius 3 is 2.45 bits per heavy atom. The highest BCUT2D eigenvalue weighted by molar-refractivity contribution is 5.43. The molecule has 0 radical (unpaired) electrons. The van der Waals surface area contributed by atoms with Gasteiger partial charge in [0.15, 0.2) is 11.5 Å². The zero-order valence-corrected chi connectivity index (χ0v) is 17.3. The summed E-state index contributed by atoms with van der Waals surface area (Å²) in [7, 11) is 1.62. The molecule has 2 aliphatic heterocycles. The molecule has 2 aliphatic rings. The second kappa shape index (κ2) is 10.8. The van der Waals surface area contributed by atoms with E-state index in [0.717, 1.165) is 64.0 Å². The number of hydrogen-bond acceptors (Lipinski definition) is 7. The molecule has 1 atom stereocenters. The lowest BCUT2D eigenvalue weighted by atomic mass is 9.98. The number of methoxy groups -OCH3 is 1. The normalized spacial score (nSPS) is 20.9. The topological polar surface area (TPSA) is 89.2 Å². The van der Waals surface area contributed by atoms with Gasteiger partial charge in [0.1, 0.15) is 12.7 Å². The summed E-state index contributed by atoms with van der Waals surface area (Å²) in [6.45, 7) is 5.08. The Balaban J connectivity index is 1.48. The number of ether oxygens (including phenoxy) is 2. The van der Waals surface area contributed by atoms with E-state index in [-0.39, 0.29) is 18.6 Å². The van der Waals surface area contributed by atoms with Crippen LogP contribution in [0.5, 0.6) is 11.5 Å². The molecule has 0 amide bonds. The van der Waals surface area contributed by atoms with E-state index in [4.69, 9.17) is 14.7 Å². The lowest BCUT2D eigenvalue weighted by Crippen LogP contribution is -2.41. The van der Waals surface area contributed by atoms with Crippen molar-refractivity contribution in [2.75, 3.05) is 46.4 Å². The zero-order chi connectivity index (χ0) is 20.6. The Labute approximate surface area is 173 Å². The summed E-state index contributed by atoms with van der Waals surface area (Å²) in [6, 6.07) is 8.29. The van der Waals surface area contributed by atoms with Gasteiger partial charge in [-0.25, -0.2) is 0 Å². The molecule has 0 aliphatic carbocycles. The molecule has 3 rings (SSSR count). The molecule has 0 unspecified atom stereocenters. The van der Waals surface area contributed by atoms with Gasteiger partial charge in [0.2, 0.25) is 0 Å². The molecule has 0 spiro atoms. The van der Waals surface area contributed by atoms with Crippen LogP contribution in [0.25, 0.3) is 0 Å². The number of aliphatic hydroxyl groups is 2. The fraction of sp³-hybridized carbons (Fsp3) is 0.682. The van der Waals surface area contributed by atoms with Gasteiger partial charge >= 0.3 is 0 Å². The Kier molecular flexibility index (Phi) is 8.13. The zero-order valence-electron chi connectivity index (χ0n) is 17.3. The first-order valence-electron chi connectivity index (χ1n) is 10.6. The number of rotatable bonds is 8. The van der Waals surface area contributed by atoms with Gasteiger partial charge in [-0.2, -0.15) is 5.26 Å². The number of aliphatic hydroxyl groups excluding tert-OH is 2. The van der Waals surface area contributed by atoms with Crippen molar-refractivity contribution in [2.24, 2.45) is 5.92 Å². The number of benzene rings is 1. The highest BCUT2D eigenvalue weighted by Gasteiger charge is 2.21. The standard InChI is InChI=1S/C22H33N3O4/c1-28-22-12-18(14-24-8-4-17(13-23)5-9-24)2-3-21(22)29-16-20(27)15-25-10-6-19(26)7-11-25/h2-3,12,17,19-20,26-27H,4-11,14-16H2,1H3/t20-/m0/s1. The molecule has 7 heteroatoms. The van der Waals surface area contributed by atoms with E-state index in [2.05, 4.69) is 15.9 Å². The minimum atomic E-state index is -0.587. The van der Waals surface area contributed by atoms with E-state index in [9.17, 15) is 10.2 Å². The quantitative estimate of drug-likeness (QED) is 0.682. The maximum atomic E-state index is 10.3. The van der Waals surface area contributed by atoms with Crippen LogP contribution in [0.3, 0.4) is 0 Å². The third-order valence-corrected chi connectivity index (χ3v) is 5.86. The van der Waals surface area contributed by atoms with E-state index in [0.29, 0.717) is 18.0 Å². The molecule has 2 N–H and O–H groups in total. The third-order valence-electron chi connectivity index (χ3n) is 5.86. The van der Waals surface area contributed by atoms with Gasteiger partial charge in [-0.1, -0.05) is 6.07 Å². The molecule has 7 nitrogen and oxygen atoms in total. The van der Waals surface area contributed by atoms with E-state index in [1.54, 1.807) is 7.11 Å². The van der Waals surface area contributed by atoms with E-state index < -0.39 is 6.10 Å². The molecule has 2 heterocycles. The highest BCUT2D eigenvalue weighted by Crippen LogP contribution is 2.29. The molecule has 2 saturated heterocycles. The number of nitriles is 1. The molecular weight excluding hydrogens is 370 g/mol. The van der Waals surface area contributed by atoms with Crippen molar-refractivity contribution < 1.29 is 19.7 Å². The summed E-state index contributed by atoms with van der Waals surface area (Å²) >= 11 is 0. The van der Waals surface area contributed by atoms with Crippen molar-refractivity contribution in [3.05, 3.63) is 23.8 Å². The van der Waals surface area contributed by atoms with Gasteiger partial charge < -0.3 is 24.6 Å². The maximum Gasteiger partial charge on any atom is 0.161 e. The highest BCUT2D eigenvalue weighted by atomic mass is 16.5. The molecule has 0 saturated carbocycles. The Hall–Kier alpha value is -1.85. The van der Waals surface area contributed by atoms with Crippen LogP contribution in [0.15, 0.2) is 18.2 Å². The molecule has 0 bridgehead atoms. The van der Waals surface area contributed by atoms with Gasteiger partial charge in [0, 0.05) is 32.1 Å². The van der Waals surface area contributed by atoms with Gasteiger partial charge in [-0.05, 0) is 56.5 Å². The summed E-state index contributed by atoms with van der Waals surface area (Å²) in [6.07, 6.45) is 2.59. The largest absolute Gasteiger partial charge is 0.493 e. The average Bonchev–Trinajstić information content (AvgIpc) is 2.75. The maximum absolute atomic E-state index is 10.3. The van der Waals surface area contributed by atoms with Gasteiger partial charge in [0.05, 0.1) is 19.3 Å². The molecule has 29 heavy (non-hydrogen) atoms. The summed E-state index contributed by atoms with van der Waals surface area (Å²) in [5.74, 6) is 1.49. The van der Waals surface area contributed by atoms with Crippen molar-refractivity contribution in [3.63, 3.8) is 0 Å². The van der Waals surface area contributed by atoms with Crippen LogP contribution >= 0.6 is 0 Å². The fourth-order valence-electron chi connectivity index (χ4n) is 4.05. The molecule has 1 aromatic carbocycles. The second-order valence-corrected chi connectivity index (χ2v) is 8.16. The van der Waals surface area contributed by atoms with Crippen LogP contribution in [0.2, 0.25) is 0 Å². The van der Waals surface area contributed by atoms with Crippen LogP contribution in [0.1, 0.15) is 31.2 Å². The van der Waals surface area contributed by atoms with Crippen LogP contribution < -0.4 is 9.47 Å². The number of hydrogen-bond donors (Lipinski definition) is 2. The minimum absolute atomic E-state index is 0.193. The monoisotopic (exact) mass is 403 g/mol. The van der Waals surface area contributed by atoms with Crippen LogP contribution in [-0.2, 0) is 6.54 Å². The summed E-state index contributed by atoms with van der Waals surface area (Å²) in [5.41, 5.74) is 1.15. The van der Waals surface area contributed by atoms with Gasteiger partial charge in [0.25, 0.3) is 0 Å². The number of nitrogens with zero attached hydrogens (tertiary/aromatic N) is 3. The Morgan fingerprint density at radius 1 is 1.10 bits per heavy atom. The van der Waals surface area contributed by atoms with Crippen LogP contribution in [0.4, 0.5) is 0 Å². The smallest absolute Gasteiger partial charge is 0.161 e. The predicted molar refractivity (Wildman–Crippen MR) is 110 cm³/mol. The van der Waals surface area contributed by atoms with Crippen molar-refractivity contribution in [1.29, 1.82) is 5.26 Å². The molecule has 0 aromatic heterocycles. The summed E-state index contributed by atoms with van der Waals surface area (Å²) in [4.78, 5) is 4.53. The average molecular weight is 404 g/mol. The Morgan fingerprint density at radius 2 is 1.79 bits per heavy atom. The van der Waals surface area contributed by atoms with Crippen molar-refractivity contribution in [2.45, 2.75) is 44.4 Å². The molecular formula is C22H33N3O4. The molecule has 160 valence electrons. The lowest BCUT2D eigenvalue weighted by molar-refractivity contribution is 0.0333. The second-order valence-electron chi connectivity index (χ2n) is 8.16. The Bertz CT molecular complexity index is 677. The first kappa shape index (κ1) is 21.8. The molecule has 2 fully saturated rings. The van der Waals surface area contributed by atoms with Crippen LogP contribution in [-0.4, -0.2) is 78.7 Å².